The number of ether oxygens (including phenoxy) is 2. The Morgan fingerprint density at radius 1 is 1.54 bits per heavy atom. The minimum Gasteiger partial charge on any atom is -0.481 e. The zero-order valence-corrected chi connectivity index (χ0v) is 8.72. The fourth-order valence-corrected chi connectivity index (χ4v) is 1.20. The molecule has 0 bridgehead atoms. The highest BCUT2D eigenvalue weighted by atomic mass is 32.2. The second-order valence-corrected chi connectivity index (χ2v) is 3.12. The van der Waals surface area contributed by atoms with Gasteiger partial charge in [-0.3, -0.25) is 5.43 Å². The maximum absolute atomic E-state index is 5.04. The summed E-state index contributed by atoms with van der Waals surface area (Å²) >= 11 is 1.65. The van der Waals surface area contributed by atoms with Gasteiger partial charge >= 0.3 is 0 Å². The van der Waals surface area contributed by atoms with Crippen molar-refractivity contribution in [2.24, 2.45) is 5.10 Å². The largest absolute Gasteiger partial charge is 0.481 e. The van der Waals surface area contributed by atoms with Crippen LogP contribution in [0.3, 0.4) is 0 Å². The molecule has 0 fully saturated rings. The molecule has 0 spiro atoms. The van der Waals surface area contributed by atoms with Gasteiger partial charge in [0.05, 0.1) is 20.3 Å². The zero-order chi connectivity index (χ0) is 9.68. The Morgan fingerprint density at radius 3 is 2.85 bits per heavy atom. The van der Waals surface area contributed by atoms with Gasteiger partial charge in [-0.25, -0.2) is 0 Å². The zero-order valence-electron chi connectivity index (χ0n) is 7.90. The summed E-state index contributed by atoms with van der Waals surface area (Å²) < 4.78 is 10.0. The molecule has 5 nitrogen and oxygen atoms in total. The smallest absolute Gasteiger partial charge is 0.238 e. The Bertz CT molecular complexity index is 230. The predicted octanol–water partition coefficient (Wildman–Crippen LogP) is 0.575. The van der Waals surface area contributed by atoms with Crippen LogP contribution < -0.4 is 5.43 Å². The molecule has 0 unspecified atom stereocenters. The second-order valence-electron chi connectivity index (χ2n) is 2.28. The molecular weight excluding hydrogens is 190 g/mol. The summed E-state index contributed by atoms with van der Waals surface area (Å²) in [6.07, 6.45) is 3.69. The summed E-state index contributed by atoms with van der Waals surface area (Å²) in [5, 5.41) is 5.78. The van der Waals surface area contributed by atoms with E-state index in [1.165, 1.54) is 0 Å². The fraction of sp³-hybridized carbons (Fsp3) is 0.571. The van der Waals surface area contributed by atoms with Crippen LogP contribution >= 0.6 is 11.8 Å². The van der Waals surface area contributed by atoms with Crippen LogP contribution in [0.25, 0.3) is 0 Å². The maximum atomic E-state index is 5.04. The summed E-state index contributed by atoms with van der Waals surface area (Å²) in [6.45, 7) is 0. The number of hydrazone groups is 1. The van der Waals surface area contributed by atoms with E-state index in [-0.39, 0.29) is 0 Å². The van der Waals surface area contributed by atoms with E-state index in [4.69, 9.17) is 9.47 Å². The van der Waals surface area contributed by atoms with Gasteiger partial charge in [0.2, 0.25) is 11.8 Å². The lowest BCUT2D eigenvalue weighted by Crippen LogP contribution is -2.37. The average Bonchev–Trinajstić information content (AvgIpc) is 2.17. The van der Waals surface area contributed by atoms with Crippen molar-refractivity contribution in [1.82, 2.24) is 10.5 Å². The van der Waals surface area contributed by atoms with Crippen molar-refractivity contribution in [2.45, 2.75) is 0 Å². The number of thioether (sulfide) groups is 1. The molecule has 0 aliphatic carbocycles. The van der Waals surface area contributed by atoms with E-state index in [9.17, 15) is 0 Å². The number of nitrogens with zero attached hydrogens (tertiary/aromatic N) is 2. The summed E-state index contributed by atoms with van der Waals surface area (Å²) in [6, 6.07) is 0. The summed E-state index contributed by atoms with van der Waals surface area (Å²) in [5.74, 6) is 1.89. The SMILES string of the molecule is COC1=CC(OC)=NN(CSC)N1. The van der Waals surface area contributed by atoms with Crippen molar-refractivity contribution in [3.05, 3.63) is 12.0 Å². The molecule has 6 heteroatoms. The minimum atomic E-state index is 0.532. The van der Waals surface area contributed by atoms with Crippen molar-refractivity contribution < 1.29 is 9.47 Å². The van der Waals surface area contributed by atoms with Gasteiger partial charge in [0.15, 0.2) is 0 Å². The fourth-order valence-electron chi connectivity index (χ4n) is 0.832. The van der Waals surface area contributed by atoms with Crippen molar-refractivity contribution in [3.8, 4) is 0 Å². The molecule has 1 aliphatic heterocycles. The van der Waals surface area contributed by atoms with Gasteiger partial charge in [-0.1, -0.05) is 0 Å². The van der Waals surface area contributed by atoms with Crippen molar-refractivity contribution in [2.75, 3.05) is 26.4 Å². The standard InChI is InChI=1S/C7H13N3O2S/c1-11-6-4-7(12-2)9-10(8-6)5-13-3/h4,8H,5H2,1-3H3. The van der Waals surface area contributed by atoms with E-state index >= 15 is 0 Å². The molecule has 1 rings (SSSR count). The van der Waals surface area contributed by atoms with Gasteiger partial charge in [0.25, 0.3) is 0 Å². The number of hydrazine groups is 1. The molecule has 0 aromatic heterocycles. The van der Waals surface area contributed by atoms with Gasteiger partial charge in [0.1, 0.15) is 5.88 Å². The molecule has 74 valence electrons. The molecule has 1 N–H and O–H groups in total. The molecule has 0 aromatic carbocycles. The summed E-state index contributed by atoms with van der Waals surface area (Å²) in [4.78, 5) is 0. The van der Waals surface area contributed by atoms with Gasteiger partial charge in [-0.15, -0.1) is 16.9 Å². The Morgan fingerprint density at radius 2 is 2.31 bits per heavy atom. The van der Waals surface area contributed by atoms with Crippen molar-refractivity contribution >= 4 is 17.7 Å². The molecule has 0 atom stereocenters. The molecule has 13 heavy (non-hydrogen) atoms. The predicted molar refractivity (Wildman–Crippen MR) is 52.9 cm³/mol. The van der Waals surface area contributed by atoms with Gasteiger partial charge < -0.3 is 9.47 Å². The lowest BCUT2D eigenvalue weighted by molar-refractivity contribution is 0.153. The molecule has 0 aromatic rings. The normalized spacial score (nSPS) is 15.8. The Hall–Kier alpha value is -1.04. The van der Waals surface area contributed by atoms with Gasteiger partial charge in [-0.2, -0.15) is 5.12 Å². The number of hydrogen-bond acceptors (Lipinski definition) is 6. The minimum absolute atomic E-state index is 0.532. The lowest BCUT2D eigenvalue weighted by Gasteiger charge is -2.24. The Labute approximate surface area is 81.7 Å². The third-order valence-electron chi connectivity index (χ3n) is 1.39. The monoisotopic (exact) mass is 203 g/mol. The molecule has 0 radical (unpaired) electrons. The first-order chi connectivity index (χ1) is 6.30. The summed E-state index contributed by atoms with van der Waals surface area (Å²) in [5.41, 5.74) is 2.95. The highest BCUT2D eigenvalue weighted by Gasteiger charge is 2.12. The first kappa shape index (κ1) is 10.0. The third-order valence-corrected chi connectivity index (χ3v) is 1.90. The molecule has 1 heterocycles. The van der Waals surface area contributed by atoms with Crippen LogP contribution in [0.4, 0.5) is 0 Å². The van der Waals surface area contributed by atoms with Crippen LogP contribution in [-0.4, -0.2) is 37.4 Å². The van der Waals surface area contributed by atoms with E-state index in [0.29, 0.717) is 11.8 Å². The van der Waals surface area contributed by atoms with Crippen LogP contribution in [0.5, 0.6) is 0 Å². The Balaban J connectivity index is 2.64. The van der Waals surface area contributed by atoms with E-state index in [2.05, 4.69) is 10.5 Å². The molecule has 0 amide bonds. The molecule has 0 saturated heterocycles. The Kier molecular flexibility index (Phi) is 3.75. The first-order valence-corrected chi connectivity index (χ1v) is 5.11. The van der Waals surface area contributed by atoms with Gasteiger partial charge in [0, 0.05) is 0 Å². The highest BCUT2D eigenvalue weighted by molar-refractivity contribution is 7.98. The van der Waals surface area contributed by atoms with E-state index in [0.717, 1.165) is 5.88 Å². The maximum Gasteiger partial charge on any atom is 0.238 e. The molecule has 0 saturated carbocycles. The van der Waals surface area contributed by atoms with Crippen LogP contribution in [0.1, 0.15) is 0 Å². The lowest BCUT2D eigenvalue weighted by atomic mass is 10.5. The quantitative estimate of drug-likeness (QED) is 0.726. The average molecular weight is 203 g/mol. The van der Waals surface area contributed by atoms with Crippen molar-refractivity contribution in [1.29, 1.82) is 0 Å². The molecule has 1 aliphatic rings. The van der Waals surface area contributed by atoms with Crippen LogP contribution in [0.2, 0.25) is 0 Å². The third kappa shape index (κ3) is 2.73. The van der Waals surface area contributed by atoms with E-state index < -0.39 is 0 Å². The van der Waals surface area contributed by atoms with Crippen molar-refractivity contribution in [3.63, 3.8) is 0 Å². The van der Waals surface area contributed by atoms with E-state index in [1.807, 2.05) is 6.26 Å². The van der Waals surface area contributed by atoms with Crippen LogP contribution in [-0.2, 0) is 9.47 Å². The number of rotatable bonds is 3. The topological polar surface area (TPSA) is 46.1 Å². The van der Waals surface area contributed by atoms with E-state index in [1.54, 1.807) is 37.2 Å². The number of hydrogen-bond donors (Lipinski definition) is 1. The highest BCUT2D eigenvalue weighted by Crippen LogP contribution is 2.06. The van der Waals surface area contributed by atoms with Gasteiger partial charge in [-0.05, 0) is 6.26 Å². The second kappa shape index (κ2) is 4.86. The number of nitrogens with one attached hydrogen (secondary N) is 1. The summed E-state index contributed by atoms with van der Waals surface area (Å²) in [7, 11) is 3.17. The number of methoxy groups -OCH3 is 2. The van der Waals surface area contributed by atoms with Crippen LogP contribution in [0, 0.1) is 0 Å². The molecular formula is C7H13N3O2S. The first-order valence-electron chi connectivity index (χ1n) is 3.71. The van der Waals surface area contributed by atoms with Crippen LogP contribution in [0.15, 0.2) is 17.1 Å².